The van der Waals surface area contributed by atoms with Gasteiger partial charge >= 0.3 is 9.76 Å². The van der Waals surface area contributed by atoms with Crippen LogP contribution >= 0.6 is 0 Å². The molecule has 0 aromatic heterocycles. The first-order valence-electron chi connectivity index (χ1n) is 7.20. The van der Waals surface area contributed by atoms with Gasteiger partial charge in [-0.25, -0.2) is 0 Å². The second-order valence-corrected chi connectivity index (χ2v) is 6.22. The lowest BCUT2D eigenvalue weighted by molar-refractivity contribution is 0.558. The van der Waals surface area contributed by atoms with Crippen molar-refractivity contribution in [1.29, 1.82) is 0 Å². The summed E-state index contributed by atoms with van der Waals surface area (Å²) in [6.45, 7) is 7.80. The number of hydrogen-bond donors (Lipinski definition) is 0. The summed E-state index contributed by atoms with van der Waals surface area (Å²) >= 11 is 0. The minimum absolute atomic E-state index is 0.326. The fourth-order valence-corrected chi connectivity index (χ4v) is 3.93. The molecule has 0 unspecified atom stereocenters. The Kier molecular flexibility index (Phi) is 2.98. The highest BCUT2D eigenvalue weighted by Gasteiger charge is 2.28. The molecular formula is C20H14OSi. The molecule has 0 N–H and O–H groups in total. The number of allylic oxidation sites excluding steroid dienone is 2. The van der Waals surface area contributed by atoms with E-state index in [1.54, 1.807) is 0 Å². The zero-order chi connectivity index (χ0) is 15.1. The van der Waals surface area contributed by atoms with Crippen LogP contribution in [0.15, 0.2) is 61.7 Å². The quantitative estimate of drug-likeness (QED) is 0.717. The van der Waals surface area contributed by atoms with Gasteiger partial charge in [0.15, 0.2) is 0 Å². The summed E-state index contributed by atoms with van der Waals surface area (Å²) in [6.07, 6.45) is 5.95. The standard InChI is InChI=1S/C20H14OSi/c1-3-13-9-7-11-17-19(13)15(4-2)20(17)21-22-18-12-14-8-5-6-10-16(14)18/h3-12H,1-2H2. The molecule has 0 saturated carbocycles. The minimum Gasteiger partial charge on any atom is -0.535 e. The maximum atomic E-state index is 6.10. The highest BCUT2D eigenvalue weighted by molar-refractivity contribution is 6.60. The van der Waals surface area contributed by atoms with E-state index in [1.807, 2.05) is 18.2 Å². The van der Waals surface area contributed by atoms with Crippen LogP contribution in [0.3, 0.4) is 0 Å². The first-order valence-corrected chi connectivity index (χ1v) is 8.11. The topological polar surface area (TPSA) is 9.23 Å². The van der Waals surface area contributed by atoms with Gasteiger partial charge in [-0.05, 0) is 21.9 Å². The molecule has 1 nitrogen and oxygen atoms in total. The van der Waals surface area contributed by atoms with Gasteiger partial charge in [0.1, 0.15) is 5.76 Å². The minimum atomic E-state index is 0.326. The van der Waals surface area contributed by atoms with Gasteiger partial charge in [0.2, 0.25) is 0 Å². The number of hydrogen-bond acceptors (Lipinski definition) is 1. The predicted octanol–water partition coefficient (Wildman–Crippen LogP) is 4.84. The summed E-state index contributed by atoms with van der Waals surface area (Å²) in [6, 6.07) is 14.6. The first-order chi connectivity index (χ1) is 10.8. The average molecular weight is 298 g/mol. The molecule has 4 rings (SSSR count). The van der Waals surface area contributed by atoms with Crippen LogP contribution in [0.4, 0.5) is 0 Å². The van der Waals surface area contributed by atoms with E-state index < -0.39 is 0 Å². The summed E-state index contributed by atoms with van der Waals surface area (Å²) in [5.41, 5.74) is 7.20. The maximum Gasteiger partial charge on any atom is 0.351 e. The van der Waals surface area contributed by atoms with E-state index in [-0.39, 0.29) is 0 Å². The van der Waals surface area contributed by atoms with Crippen molar-refractivity contribution in [2.45, 2.75) is 0 Å². The Bertz CT molecular complexity index is 871. The summed E-state index contributed by atoms with van der Waals surface area (Å²) < 4.78 is 6.10. The Balaban J connectivity index is 1.57. The van der Waals surface area contributed by atoms with Crippen LogP contribution in [-0.2, 0) is 4.43 Å². The smallest absolute Gasteiger partial charge is 0.351 e. The van der Waals surface area contributed by atoms with Crippen molar-refractivity contribution in [3.63, 3.8) is 0 Å². The molecule has 104 valence electrons. The van der Waals surface area contributed by atoms with Gasteiger partial charge in [-0.2, -0.15) is 0 Å². The molecule has 0 atom stereocenters. The lowest BCUT2D eigenvalue weighted by atomic mass is 9.83. The molecule has 2 aliphatic rings. The van der Waals surface area contributed by atoms with Crippen molar-refractivity contribution in [3.05, 3.63) is 89.5 Å². The molecule has 0 heterocycles. The van der Waals surface area contributed by atoms with Gasteiger partial charge in [0.25, 0.3) is 0 Å². The second-order valence-electron chi connectivity index (χ2n) is 5.27. The van der Waals surface area contributed by atoms with Crippen molar-refractivity contribution in [2.75, 3.05) is 0 Å². The number of fused-ring (bicyclic) bond motifs is 2. The molecule has 0 saturated heterocycles. The fraction of sp³-hybridized carbons (Fsp3) is 0. The van der Waals surface area contributed by atoms with Crippen LogP contribution in [0.25, 0.3) is 28.7 Å². The molecule has 0 aliphatic heterocycles. The molecule has 0 spiro atoms. The normalized spacial score (nSPS) is 14.1. The van der Waals surface area contributed by atoms with Crippen LogP contribution in [0, 0.1) is 0 Å². The lowest BCUT2D eigenvalue weighted by Gasteiger charge is -2.29. The molecule has 22 heavy (non-hydrogen) atoms. The lowest BCUT2D eigenvalue weighted by Crippen LogP contribution is -2.15. The van der Waals surface area contributed by atoms with Gasteiger partial charge < -0.3 is 4.43 Å². The summed E-state index contributed by atoms with van der Waals surface area (Å²) in [5.74, 6) is 0.956. The van der Waals surface area contributed by atoms with Crippen LogP contribution in [0.2, 0.25) is 0 Å². The number of benzene rings is 2. The average Bonchev–Trinajstić information content (AvgIpc) is 2.52. The molecule has 0 bridgehead atoms. The van der Waals surface area contributed by atoms with E-state index in [9.17, 15) is 0 Å². The van der Waals surface area contributed by atoms with Crippen molar-refractivity contribution in [3.8, 4) is 0 Å². The zero-order valence-corrected chi connectivity index (χ0v) is 13.1. The van der Waals surface area contributed by atoms with Gasteiger partial charge in [0, 0.05) is 16.7 Å². The molecule has 2 aromatic carbocycles. The van der Waals surface area contributed by atoms with Gasteiger partial charge in [0.05, 0.1) is 0 Å². The van der Waals surface area contributed by atoms with Crippen molar-refractivity contribution < 1.29 is 4.43 Å². The third-order valence-corrected chi connectivity index (χ3v) is 5.03. The fourth-order valence-electron chi connectivity index (χ4n) is 2.95. The summed E-state index contributed by atoms with van der Waals surface area (Å²) in [7, 11) is 0.326. The third-order valence-electron chi connectivity index (χ3n) is 4.09. The largest absolute Gasteiger partial charge is 0.535 e. The van der Waals surface area contributed by atoms with E-state index in [4.69, 9.17) is 4.43 Å². The van der Waals surface area contributed by atoms with E-state index in [1.165, 1.54) is 21.9 Å². The molecule has 0 fully saturated rings. The molecule has 0 amide bonds. The third kappa shape index (κ3) is 1.78. The monoisotopic (exact) mass is 298 g/mol. The summed E-state index contributed by atoms with van der Waals surface area (Å²) in [5, 5.41) is 1.28. The van der Waals surface area contributed by atoms with Crippen molar-refractivity contribution >= 4 is 38.4 Å². The first kappa shape index (κ1) is 13.1. The zero-order valence-electron chi connectivity index (χ0n) is 12.1. The Morgan fingerprint density at radius 3 is 2.50 bits per heavy atom. The van der Waals surface area contributed by atoms with Crippen molar-refractivity contribution in [1.82, 2.24) is 0 Å². The molecular weight excluding hydrogens is 284 g/mol. The Labute approximate surface area is 132 Å². The van der Waals surface area contributed by atoms with Gasteiger partial charge in [-0.15, -0.1) is 0 Å². The Morgan fingerprint density at radius 1 is 0.909 bits per heavy atom. The van der Waals surface area contributed by atoms with Crippen LogP contribution in [0.5, 0.6) is 0 Å². The van der Waals surface area contributed by atoms with Crippen molar-refractivity contribution in [2.24, 2.45) is 0 Å². The van der Waals surface area contributed by atoms with Crippen LogP contribution in [-0.4, -0.2) is 9.76 Å². The SMILES string of the molecule is C=CC1=C(O[Si]C2=Cc3ccccc32)c2cccc(C=C)c21. The highest BCUT2D eigenvalue weighted by Crippen LogP contribution is 2.44. The highest BCUT2D eigenvalue weighted by atomic mass is 28.2. The van der Waals surface area contributed by atoms with Crippen LogP contribution in [0.1, 0.15) is 27.8 Å². The van der Waals surface area contributed by atoms with E-state index >= 15 is 0 Å². The van der Waals surface area contributed by atoms with E-state index in [2.05, 4.69) is 55.6 Å². The van der Waals surface area contributed by atoms with Gasteiger partial charge in [-0.3, -0.25) is 0 Å². The van der Waals surface area contributed by atoms with E-state index in [0.717, 1.165) is 22.5 Å². The molecule has 2 radical (unpaired) electrons. The Hall–Kier alpha value is -2.58. The van der Waals surface area contributed by atoms with E-state index in [0.29, 0.717) is 9.76 Å². The molecule has 2 heteroatoms. The number of rotatable bonds is 5. The molecule has 2 aromatic rings. The van der Waals surface area contributed by atoms with Gasteiger partial charge in [-0.1, -0.05) is 73.9 Å². The molecule has 2 aliphatic carbocycles. The predicted molar refractivity (Wildman–Crippen MR) is 94.7 cm³/mol. The van der Waals surface area contributed by atoms with Crippen LogP contribution < -0.4 is 0 Å². The maximum absolute atomic E-state index is 6.10. The second kappa shape index (κ2) is 5.00. The summed E-state index contributed by atoms with van der Waals surface area (Å²) in [4.78, 5) is 0. The Morgan fingerprint density at radius 2 is 1.73 bits per heavy atom.